The van der Waals surface area contributed by atoms with Crippen molar-refractivity contribution in [3.05, 3.63) is 12.2 Å². The molecule has 0 heterocycles. The van der Waals surface area contributed by atoms with E-state index in [1.165, 1.54) is 44.9 Å². The first-order chi connectivity index (χ1) is 10.1. The molecule has 6 atom stereocenters. The largest absolute Gasteiger partial charge is 0.411 e. The van der Waals surface area contributed by atoms with Crippen molar-refractivity contribution in [3.63, 3.8) is 0 Å². The number of fused-ring (bicyclic) bond motifs is 5. The minimum atomic E-state index is 0.198. The molecule has 0 radical (unpaired) electrons. The standard InChI is InChI=1S/C19H29NO/c1-18-11-4-3-5-13(18)6-7-14-15-8-9-17(20-21)19(15,2)12-10-16(14)18/h3-4,13-16,21H,5-12H2,1-2H3/b20-17+/t13-,14+,15+,16+,18+,19+/m1/s1. The zero-order chi connectivity index (χ0) is 14.7. The van der Waals surface area contributed by atoms with E-state index >= 15 is 0 Å². The van der Waals surface area contributed by atoms with Crippen molar-refractivity contribution >= 4 is 5.71 Å². The molecule has 3 saturated carbocycles. The topological polar surface area (TPSA) is 32.6 Å². The van der Waals surface area contributed by atoms with Crippen LogP contribution in [0.3, 0.4) is 0 Å². The third-order valence-electron chi connectivity index (χ3n) is 8.07. The van der Waals surface area contributed by atoms with Crippen LogP contribution in [0.2, 0.25) is 0 Å². The van der Waals surface area contributed by atoms with Crippen molar-refractivity contribution in [2.45, 2.75) is 65.2 Å². The van der Waals surface area contributed by atoms with Gasteiger partial charge in [0.1, 0.15) is 0 Å². The van der Waals surface area contributed by atoms with Crippen LogP contribution < -0.4 is 0 Å². The first-order valence-corrected chi connectivity index (χ1v) is 8.96. The van der Waals surface area contributed by atoms with Gasteiger partial charge in [-0.1, -0.05) is 31.2 Å². The summed E-state index contributed by atoms with van der Waals surface area (Å²) >= 11 is 0. The van der Waals surface area contributed by atoms with E-state index in [9.17, 15) is 5.21 Å². The highest BCUT2D eigenvalue weighted by Gasteiger charge is 2.58. The molecule has 0 spiro atoms. The molecule has 0 aromatic heterocycles. The highest BCUT2D eigenvalue weighted by molar-refractivity contribution is 5.91. The molecular weight excluding hydrogens is 258 g/mol. The molecule has 21 heavy (non-hydrogen) atoms. The summed E-state index contributed by atoms with van der Waals surface area (Å²) in [6.07, 6.45) is 15.2. The van der Waals surface area contributed by atoms with Gasteiger partial charge in [0, 0.05) is 5.41 Å². The molecule has 2 heteroatoms. The molecule has 1 N–H and O–H groups in total. The predicted molar refractivity (Wildman–Crippen MR) is 85.5 cm³/mol. The molecule has 0 saturated heterocycles. The minimum absolute atomic E-state index is 0.198. The van der Waals surface area contributed by atoms with Crippen LogP contribution in [0.4, 0.5) is 0 Å². The molecule has 0 bridgehead atoms. The SMILES string of the molecule is C[C@]12CC=CC[C@@H]1CC[C@@H]1[C@@H]2CC[C@]2(C)/C(=N/O)CC[C@@H]12. The minimum Gasteiger partial charge on any atom is -0.411 e. The normalized spacial score (nSPS) is 54.1. The van der Waals surface area contributed by atoms with Crippen molar-refractivity contribution in [2.75, 3.05) is 0 Å². The Bertz CT molecular complexity index is 496. The molecule has 0 aliphatic heterocycles. The average Bonchev–Trinajstić information content (AvgIpc) is 2.83. The van der Waals surface area contributed by atoms with Gasteiger partial charge in [-0.05, 0) is 80.5 Å². The van der Waals surface area contributed by atoms with Gasteiger partial charge in [-0.3, -0.25) is 0 Å². The molecule has 4 rings (SSSR count). The number of oxime groups is 1. The number of rotatable bonds is 0. The summed E-state index contributed by atoms with van der Waals surface area (Å²) in [6.45, 7) is 4.96. The van der Waals surface area contributed by atoms with Gasteiger partial charge in [0.15, 0.2) is 0 Å². The van der Waals surface area contributed by atoms with Gasteiger partial charge in [0.05, 0.1) is 5.71 Å². The highest BCUT2D eigenvalue weighted by Crippen LogP contribution is 2.64. The fraction of sp³-hybridized carbons (Fsp3) is 0.842. The van der Waals surface area contributed by atoms with Crippen LogP contribution in [0.25, 0.3) is 0 Å². The molecular formula is C19H29NO. The van der Waals surface area contributed by atoms with Crippen LogP contribution in [0, 0.1) is 34.5 Å². The van der Waals surface area contributed by atoms with Crippen molar-refractivity contribution < 1.29 is 5.21 Å². The van der Waals surface area contributed by atoms with Crippen molar-refractivity contribution in [2.24, 2.45) is 39.7 Å². The van der Waals surface area contributed by atoms with Crippen molar-refractivity contribution in [3.8, 4) is 0 Å². The second-order valence-corrected chi connectivity index (χ2v) is 8.61. The van der Waals surface area contributed by atoms with Crippen LogP contribution in [0.1, 0.15) is 65.2 Å². The molecule has 0 amide bonds. The van der Waals surface area contributed by atoms with Gasteiger partial charge >= 0.3 is 0 Å². The van der Waals surface area contributed by atoms with Crippen LogP contribution in [-0.4, -0.2) is 10.9 Å². The quantitative estimate of drug-likeness (QED) is 0.378. The smallest absolute Gasteiger partial charge is 0.0632 e. The van der Waals surface area contributed by atoms with E-state index in [2.05, 4.69) is 31.2 Å². The number of allylic oxidation sites excluding steroid dienone is 2. The predicted octanol–water partition coefficient (Wildman–Crippen LogP) is 5.03. The lowest BCUT2D eigenvalue weighted by Gasteiger charge is -2.59. The van der Waals surface area contributed by atoms with Gasteiger partial charge in [-0.2, -0.15) is 0 Å². The van der Waals surface area contributed by atoms with Crippen molar-refractivity contribution in [1.82, 2.24) is 0 Å². The van der Waals surface area contributed by atoms with Gasteiger partial charge < -0.3 is 5.21 Å². The summed E-state index contributed by atoms with van der Waals surface area (Å²) in [5.41, 5.74) is 1.84. The molecule has 0 aromatic rings. The summed E-state index contributed by atoms with van der Waals surface area (Å²) in [5, 5.41) is 13.1. The van der Waals surface area contributed by atoms with Crippen LogP contribution in [0.15, 0.2) is 17.3 Å². The van der Waals surface area contributed by atoms with E-state index in [1.54, 1.807) is 0 Å². The Hall–Kier alpha value is -0.790. The van der Waals surface area contributed by atoms with Gasteiger partial charge in [0.25, 0.3) is 0 Å². The second-order valence-electron chi connectivity index (χ2n) is 8.61. The summed E-state index contributed by atoms with van der Waals surface area (Å²) in [5.74, 6) is 3.46. The third kappa shape index (κ3) is 1.74. The summed E-state index contributed by atoms with van der Waals surface area (Å²) in [4.78, 5) is 0. The number of nitrogens with zero attached hydrogens (tertiary/aromatic N) is 1. The lowest BCUT2D eigenvalue weighted by Crippen LogP contribution is -2.52. The Morgan fingerprint density at radius 3 is 2.76 bits per heavy atom. The monoisotopic (exact) mass is 287 g/mol. The van der Waals surface area contributed by atoms with Crippen molar-refractivity contribution in [1.29, 1.82) is 0 Å². The molecule has 4 aliphatic rings. The Morgan fingerprint density at radius 1 is 1.10 bits per heavy atom. The molecule has 0 aromatic carbocycles. The van der Waals surface area contributed by atoms with E-state index in [0.717, 1.165) is 35.8 Å². The zero-order valence-corrected chi connectivity index (χ0v) is 13.5. The number of hydrogen-bond acceptors (Lipinski definition) is 2. The molecule has 0 unspecified atom stereocenters. The lowest BCUT2D eigenvalue weighted by molar-refractivity contribution is -0.0763. The summed E-state index contributed by atoms with van der Waals surface area (Å²) < 4.78 is 0. The van der Waals surface area contributed by atoms with Crippen LogP contribution in [0.5, 0.6) is 0 Å². The fourth-order valence-electron chi connectivity index (χ4n) is 6.79. The Kier molecular flexibility index (Phi) is 3.03. The Balaban J connectivity index is 1.67. The maximum absolute atomic E-state index is 9.38. The number of hydrogen-bond donors (Lipinski definition) is 1. The van der Waals surface area contributed by atoms with E-state index in [-0.39, 0.29) is 5.41 Å². The lowest BCUT2D eigenvalue weighted by atomic mass is 9.46. The molecule has 4 aliphatic carbocycles. The maximum atomic E-state index is 9.38. The summed E-state index contributed by atoms with van der Waals surface area (Å²) in [6, 6.07) is 0. The zero-order valence-electron chi connectivity index (χ0n) is 13.5. The van der Waals surface area contributed by atoms with Crippen LogP contribution >= 0.6 is 0 Å². The summed E-state index contributed by atoms with van der Waals surface area (Å²) in [7, 11) is 0. The first kappa shape index (κ1) is 13.8. The molecule has 116 valence electrons. The van der Waals surface area contributed by atoms with E-state index in [0.29, 0.717) is 5.41 Å². The van der Waals surface area contributed by atoms with Crippen LogP contribution in [-0.2, 0) is 0 Å². The van der Waals surface area contributed by atoms with Gasteiger partial charge in [-0.15, -0.1) is 0 Å². The second kappa shape index (κ2) is 4.60. The molecule has 3 fully saturated rings. The highest BCUT2D eigenvalue weighted by atomic mass is 16.4. The maximum Gasteiger partial charge on any atom is 0.0632 e. The van der Waals surface area contributed by atoms with Gasteiger partial charge in [0.2, 0.25) is 0 Å². The fourth-order valence-corrected chi connectivity index (χ4v) is 6.79. The Morgan fingerprint density at radius 2 is 1.95 bits per heavy atom. The third-order valence-corrected chi connectivity index (χ3v) is 8.07. The van der Waals surface area contributed by atoms with Gasteiger partial charge in [-0.25, -0.2) is 0 Å². The average molecular weight is 287 g/mol. The Labute approximate surface area is 128 Å². The van der Waals surface area contributed by atoms with E-state index < -0.39 is 0 Å². The first-order valence-electron chi connectivity index (χ1n) is 8.96. The molecule has 2 nitrogen and oxygen atoms in total. The van der Waals surface area contributed by atoms with E-state index in [4.69, 9.17) is 0 Å². The van der Waals surface area contributed by atoms with E-state index in [1.807, 2.05) is 0 Å².